The Morgan fingerprint density at radius 1 is 1.19 bits per heavy atom. The van der Waals surface area contributed by atoms with E-state index >= 15 is 0 Å². The van der Waals surface area contributed by atoms with E-state index in [-0.39, 0.29) is 12.3 Å². The van der Waals surface area contributed by atoms with E-state index in [0.29, 0.717) is 27.5 Å². The first-order valence-corrected chi connectivity index (χ1v) is 12.3. The number of fused-ring (bicyclic) bond motifs is 1. The van der Waals surface area contributed by atoms with Crippen LogP contribution in [0.3, 0.4) is 0 Å². The van der Waals surface area contributed by atoms with Gasteiger partial charge in [-0.05, 0) is 23.0 Å². The lowest BCUT2D eigenvalue weighted by Crippen LogP contribution is -2.51. The van der Waals surface area contributed by atoms with Gasteiger partial charge in [0.2, 0.25) is 16.0 Å². The zero-order chi connectivity index (χ0) is 22.2. The van der Waals surface area contributed by atoms with E-state index < -0.39 is 34.8 Å². The standard InChI is InChI=1S/C17H23BrF2N8O2S/c1-27-3-5-28(6-4-27)16-24-14(13-15(25-16)22-10-12(18)23-13)21-2-7-31(29,30)26-11-8-17(19,20)9-11/h10-11,26H,2-9H2,1H3,(H,21,22,24,25). The topological polar surface area (TPSA) is 116 Å². The molecule has 2 aromatic rings. The molecule has 0 spiro atoms. The zero-order valence-electron chi connectivity index (χ0n) is 16.9. The molecular weight excluding hydrogens is 498 g/mol. The molecule has 0 radical (unpaired) electrons. The Morgan fingerprint density at radius 3 is 2.58 bits per heavy atom. The minimum atomic E-state index is -3.71. The second-order valence-electron chi connectivity index (χ2n) is 7.85. The molecule has 0 unspecified atom stereocenters. The van der Waals surface area contributed by atoms with E-state index in [2.05, 4.69) is 50.8 Å². The van der Waals surface area contributed by atoms with Crippen molar-refractivity contribution in [1.82, 2.24) is 29.6 Å². The van der Waals surface area contributed by atoms with Crippen LogP contribution < -0.4 is 14.9 Å². The maximum absolute atomic E-state index is 12.9. The number of likely N-dealkylation sites (N-methyl/N-ethyl adjacent to an activating group) is 1. The number of sulfonamides is 1. The fourth-order valence-corrected chi connectivity index (χ4v) is 4.95. The summed E-state index contributed by atoms with van der Waals surface area (Å²) < 4.78 is 53.2. The number of hydrogen-bond donors (Lipinski definition) is 2. The molecule has 2 aromatic heterocycles. The predicted molar refractivity (Wildman–Crippen MR) is 116 cm³/mol. The zero-order valence-corrected chi connectivity index (χ0v) is 19.3. The first-order valence-electron chi connectivity index (χ1n) is 9.86. The van der Waals surface area contributed by atoms with E-state index in [9.17, 15) is 17.2 Å². The number of halogens is 3. The van der Waals surface area contributed by atoms with E-state index in [1.54, 1.807) is 0 Å². The Labute approximate surface area is 187 Å². The lowest BCUT2D eigenvalue weighted by molar-refractivity contribution is -0.0876. The molecule has 1 aliphatic heterocycles. The lowest BCUT2D eigenvalue weighted by atomic mass is 9.89. The molecule has 2 fully saturated rings. The number of alkyl halides is 2. The molecule has 2 N–H and O–H groups in total. The van der Waals surface area contributed by atoms with Crippen LogP contribution in [0.4, 0.5) is 20.5 Å². The Balaban J connectivity index is 1.47. The van der Waals surface area contributed by atoms with Gasteiger partial charge in [-0.15, -0.1) is 0 Å². The molecule has 10 nitrogen and oxygen atoms in total. The van der Waals surface area contributed by atoms with Crippen LogP contribution in [0.2, 0.25) is 0 Å². The summed E-state index contributed by atoms with van der Waals surface area (Å²) in [4.78, 5) is 22.0. The van der Waals surface area contributed by atoms with Gasteiger partial charge in [0.25, 0.3) is 5.92 Å². The normalized spacial score (nSPS) is 20.1. The van der Waals surface area contributed by atoms with E-state index in [1.807, 2.05) is 11.9 Å². The summed E-state index contributed by atoms with van der Waals surface area (Å²) in [6, 6.07) is -0.717. The van der Waals surface area contributed by atoms with Crippen LogP contribution in [0.5, 0.6) is 0 Å². The van der Waals surface area contributed by atoms with Crippen molar-refractivity contribution in [2.75, 3.05) is 55.7 Å². The Hall–Kier alpha value is -1.77. The quantitative estimate of drug-likeness (QED) is 0.552. The molecule has 31 heavy (non-hydrogen) atoms. The Kier molecular flexibility index (Phi) is 6.25. The first-order chi connectivity index (χ1) is 14.6. The average molecular weight is 521 g/mol. The van der Waals surface area contributed by atoms with Crippen molar-refractivity contribution in [3.8, 4) is 0 Å². The van der Waals surface area contributed by atoms with Gasteiger partial charge in [-0.3, -0.25) is 0 Å². The maximum Gasteiger partial charge on any atom is 0.251 e. The van der Waals surface area contributed by atoms with Crippen molar-refractivity contribution in [2.45, 2.75) is 24.8 Å². The Bertz CT molecular complexity index is 1060. The van der Waals surface area contributed by atoms with E-state index in [0.717, 1.165) is 26.2 Å². The molecule has 1 aliphatic carbocycles. The fourth-order valence-electron chi connectivity index (χ4n) is 3.51. The van der Waals surface area contributed by atoms with E-state index in [4.69, 9.17) is 0 Å². The molecule has 14 heteroatoms. The SMILES string of the molecule is CN1CCN(c2nc(NCCS(=O)(=O)NC3CC(F)(F)C3)c3nc(Br)cnc3n2)CC1. The molecule has 0 bridgehead atoms. The van der Waals surface area contributed by atoms with Crippen LogP contribution in [0, 0.1) is 0 Å². The van der Waals surface area contributed by atoms with Gasteiger partial charge >= 0.3 is 0 Å². The maximum atomic E-state index is 12.9. The van der Waals surface area contributed by atoms with Gasteiger partial charge in [-0.1, -0.05) is 0 Å². The minimum absolute atomic E-state index is 0.0287. The Morgan fingerprint density at radius 2 is 1.90 bits per heavy atom. The van der Waals surface area contributed by atoms with Crippen molar-refractivity contribution in [3.63, 3.8) is 0 Å². The van der Waals surface area contributed by atoms with Crippen molar-refractivity contribution >= 4 is 48.9 Å². The highest BCUT2D eigenvalue weighted by atomic mass is 79.9. The monoisotopic (exact) mass is 520 g/mol. The number of piperazine rings is 1. The van der Waals surface area contributed by atoms with Crippen LogP contribution in [-0.4, -0.2) is 90.7 Å². The minimum Gasteiger partial charge on any atom is -0.367 e. The van der Waals surface area contributed by atoms with Crippen molar-refractivity contribution in [2.24, 2.45) is 0 Å². The summed E-state index contributed by atoms with van der Waals surface area (Å²) in [5.74, 6) is -2.20. The second kappa shape index (κ2) is 8.64. The average Bonchev–Trinajstić information content (AvgIpc) is 2.67. The lowest BCUT2D eigenvalue weighted by Gasteiger charge is -2.35. The molecule has 0 atom stereocenters. The molecule has 3 heterocycles. The number of nitrogens with zero attached hydrogens (tertiary/aromatic N) is 6. The fraction of sp³-hybridized carbons (Fsp3) is 0.647. The first kappa shape index (κ1) is 22.4. The summed E-state index contributed by atoms with van der Waals surface area (Å²) in [7, 11) is -1.66. The van der Waals surface area contributed by atoms with Gasteiger partial charge in [0.1, 0.15) is 4.60 Å². The van der Waals surface area contributed by atoms with E-state index in [1.165, 1.54) is 6.20 Å². The third-order valence-corrected chi connectivity index (χ3v) is 7.07. The highest BCUT2D eigenvalue weighted by Gasteiger charge is 2.46. The van der Waals surface area contributed by atoms with Crippen LogP contribution in [0.1, 0.15) is 12.8 Å². The molecule has 1 saturated heterocycles. The van der Waals surface area contributed by atoms with Crippen molar-refractivity contribution in [1.29, 1.82) is 0 Å². The highest BCUT2D eigenvalue weighted by molar-refractivity contribution is 9.10. The van der Waals surface area contributed by atoms with Crippen LogP contribution in [0.15, 0.2) is 10.8 Å². The highest BCUT2D eigenvalue weighted by Crippen LogP contribution is 2.37. The largest absolute Gasteiger partial charge is 0.367 e. The van der Waals surface area contributed by atoms with Crippen LogP contribution >= 0.6 is 15.9 Å². The van der Waals surface area contributed by atoms with Crippen LogP contribution in [0.25, 0.3) is 11.2 Å². The second-order valence-corrected chi connectivity index (χ2v) is 10.5. The van der Waals surface area contributed by atoms with Gasteiger partial charge in [0.15, 0.2) is 17.0 Å². The third kappa shape index (κ3) is 5.54. The van der Waals surface area contributed by atoms with Crippen molar-refractivity contribution < 1.29 is 17.2 Å². The third-order valence-electron chi connectivity index (χ3n) is 5.25. The molecule has 0 aromatic carbocycles. The van der Waals surface area contributed by atoms with Crippen molar-refractivity contribution in [3.05, 3.63) is 10.8 Å². The molecule has 2 aliphatic rings. The number of nitrogens with one attached hydrogen (secondary N) is 2. The molecule has 1 saturated carbocycles. The number of anilines is 2. The number of rotatable bonds is 7. The summed E-state index contributed by atoms with van der Waals surface area (Å²) in [5.41, 5.74) is 0.809. The summed E-state index contributed by atoms with van der Waals surface area (Å²) in [5, 5.41) is 3.01. The van der Waals surface area contributed by atoms with Gasteiger partial charge < -0.3 is 15.1 Å². The smallest absolute Gasteiger partial charge is 0.251 e. The van der Waals surface area contributed by atoms with Gasteiger partial charge in [0, 0.05) is 51.6 Å². The summed E-state index contributed by atoms with van der Waals surface area (Å²) in [6.07, 6.45) is 0.609. The summed E-state index contributed by atoms with van der Waals surface area (Å²) >= 11 is 3.28. The van der Waals surface area contributed by atoms with Gasteiger partial charge in [0.05, 0.1) is 11.9 Å². The molecular formula is C17H23BrF2N8O2S. The van der Waals surface area contributed by atoms with Gasteiger partial charge in [-0.2, -0.15) is 9.97 Å². The number of aromatic nitrogens is 4. The number of hydrogen-bond acceptors (Lipinski definition) is 9. The molecule has 0 amide bonds. The summed E-state index contributed by atoms with van der Waals surface area (Å²) in [6.45, 7) is 3.30. The van der Waals surface area contributed by atoms with Crippen LogP contribution in [-0.2, 0) is 10.0 Å². The van der Waals surface area contributed by atoms with Gasteiger partial charge in [-0.25, -0.2) is 31.9 Å². The molecule has 4 rings (SSSR count). The predicted octanol–water partition coefficient (Wildman–Crippen LogP) is 1.06. The molecule has 170 valence electrons.